The second-order valence-electron chi connectivity index (χ2n) is 6.56. The normalized spacial score (nSPS) is 18.2. The highest BCUT2D eigenvalue weighted by Crippen LogP contribution is 2.39. The second kappa shape index (κ2) is 7.92. The smallest absolute Gasteiger partial charge is 0.419 e. The molecule has 1 fully saturated rings. The van der Waals surface area contributed by atoms with Gasteiger partial charge in [-0.05, 0) is 49.9 Å². The van der Waals surface area contributed by atoms with Crippen molar-refractivity contribution in [2.45, 2.75) is 23.6 Å². The lowest BCUT2D eigenvalue weighted by Gasteiger charge is -2.19. The number of alkyl halides is 3. The molecule has 3 rings (SSSR count). The molecule has 152 valence electrons. The van der Waals surface area contributed by atoms with E-state index >= 15 is 0 Å². The number of nitrogens with one attached hydrogen (secondary N) is 1. The highest BCUT2D eigenvalue weighted by Gasteiger charge is 2.36. The molecule has 0 spiro atoms. The quantitative estimate of drug-likeness (QED) is 0.693. The molecule has 1 N–H and O–H groups in total. The van der Waals surface area contributed by atoms with Crippen molar-refractivity contribution in [3.63, 3.8) is 0 Å². The number of hydrogen-bond acceptors (Lipinski definition) is 4. The number of nitrogens with zero attached hydrogens (tertiary/aromatic N) is 1. The Hall–Kier alpha value is -1.78. The van der Waals surface area contributed by atoms with Crippen molar-refractivity contribution in [1.29, 1.82) is 0 Å². The van der Waals surface area contributed by atoms with Crippen LogP contribution in [0, 0.1) is 0 Å². The molecule has 1 aliphatic rings. The summed E-state index contributed by atoms with van der Waals surface area (Å²) in [4.78, 5) is 1.95. The summed E-state index contributed by atoms with van der Waals surface area (Å²) < 4.78 is 73.6. The number of rotatable bonds is 5. The van der Waals surface area contributed by atoms with Crippen LogP contribution in [0.3, 0.4) is 0 Å². The molecule has 0 saturated carbocycles. The van der Waals surface area contributed by atoms with Crippen LogP contribution in [0.25, 0.3) is 0 Å². The highest BCUT2D eigenvalue weighted by atomic mass is 79.9. The van der Waals surface area contributed by atoms with Gasteiger partial charge in [0, 0.05) is 23.6 Å². The van der Waals surface area contributed by atoms with E-state index in [1.807, 2.05) is 11.9 Å². The van der Waals surface area contributed by atoms with Crippen LogP contribution in [0.5, 0.6) is 5.75 Å². The number of likely N-dealkylation sites (tertiary alicyclic amines) is 1. The van der Waals surface area contributed by atoms with Crippen LogP contribution in [0.15, 0.2) is 51.8 Å². The topological polar surface area (TPSA) is 58.6 Å². The maximum Gasteiger partial charge on any atom is 0.419 e. The summed E-state index contributed by atoms with van der Waals surface area (Å²) >= 11 is 3.22. The summed E-state index contributed by atoms with van der Waals surface area (Å²) in [6.07, 6.45) is -4.39. The van der Waals surface area contributed by atoms with Crippen molar-refractivity contribution in [3.05, 3.63) is 52.5 Å². The molecule has 10 heteroatoms. The van der Waals surface area contributed by atoms with Gasteiger partial charge < -0.3 is 9.64 Å². The third kappa shape index (κ3) is 4.98. The predicted molar refractivity (Wildman–Crippen MR) is 103 cm³/mol. The van der Waals surface area contributed by atoms with Gasteiger partial charge in [0.05, 0.1) is 16.1 Å². The molecule has 0 amide bonds. The molecule has 2 aromatic rings. The Morgan fingerprint density at radius 3 is 2.43 bits per heavy atom. The summed E-state index contributed by atoms with van der Waals surface area (Å²) in [6.45, 7) is 1.23. The Kier molecular flexibility index (Phi) is 5.92. The largest absolute Gasteiger partial charge is 0.488 e. The van der Waals surface area contributed by atoms with Crippen molar-refractivity contribution < 1.29 is 26.3 Å². The van der Waals surface area contributed by atoms with Crippen LogP contribution < -0.4 is 9.46 Å². The first-order valence-corrected chi connectivity index (χ1v) is 10.7. The van der Waals surface area contributed by atoms with Crippen LogP contribution in [0.1, 0.15) is 12.0 Å². The first-order valence-electron chi connectivity index (χ1n) is 8.39. The Morgan fingerprint density at radius 1 is 1.18 bits per heavy atom. The third-order valence-corrected chi connectivity index (χ3v) is 6.23. The van der Waals surface area contributed by atoms with Crippen molar-refractivity contribution in [1.82, 2.24) is 4.90 Å². The lowest BCUT2D eigenvalue weighted by atomic mass is 10.1. The summed E-state index contributed by atoms with van der Waals surface area (Å²) in [5, 5.41) is 0. The van der Waals surface area contributed by atoms with Gasteiger partial charge in [-0.2, -0.15) is 13.2 Å². The number of anilines is 1. The summed E-state index contributed by atoms with van der Waals surface area (Å²) in [7, 11) is -2.09. The standard InChI is InChI=1S/C18H18BrF3N2O3S/c1-24-9-8-14(11-24)27-17-10-13(4-7-16(17)18(20,21)22)23-28(25,26)15-5-2-12(19)3-6-15/h2-7,10,14,23H,8-9,11H2,1H3/t14-/m1/s1. The lowest BCUT2D eigenvalue weighted by molar-refractivity contribution is -0.139. The maximum atomic E-state index is 13.3. The van der Waals surface area contributed by atoms with E-state index in [0.29, 0.717) is 17.4 Å². The van der Waals surface area contributed by atoms with Crippen molar-refractivity contribution in [2.24, 2.45) is 0 Å². The fourth-order valence-electron chi connectivity index (χ4n) is 2.92. The fraction of sp³-hybridized carbons (Fsp3) is 0.333. The minimum Gasteiger partial charge on any atom is -0.488 e. The first kappa shape index (κ1) is 20.9. The minimum atomic E-state index is -4.61. The minimum absolute atomic E-state index is 0.00253. The van der Waals surface area contributed by atoms with Gasteiger partial charge in [0.15, 0.2) is 0 Å². The summed E-state index contributed by atoms with van der Waals surface area (Å²) in [5.74, 6) is -0.385. The molecule has 1 aliphatic heterocycles. The molecule has 0 unspecified atom stereocenters. The Bertz CT molecular complexity index is 950. The van der Waals surface area contributed by atoms with E-state index in [9.17, 15) is 21.6 Å². The Balaban J connectivity index is 1.89. The molecule has 0 bridgehead atoms. The molecule has 28 heavy (non-hydrogen) atoms. The van der Waals surface area contributed by atoms with Gasteiger partial charge in [0.1, 0.15) is 11.9 Å². The van der Waals surface area contributed by atoms with Gasteiger partial charge in [-0.15, -0.1) is 0 Å². The number of ether oxygens (including phenoxy) is 1. The molecule has 5 nitrogen and oxygen atoms in total. The second-order valence-corrected chi connectivity index (χ2v) is 9.16. The lowest BCUT2D eigenvalue weighted by Crippen LogP contribution is -2.23. The zero-order valence-electron chi connectivity index (χ0n) is 14.8. The van der Waals surface area contributed by atoms with Gasteiger partial charge in [0.25, 0.3) is 10.0 Å². The summed E-state index contributed by atoms with van der Waals surface area (Å²) in [5.41, 5.74) is -0.939. The summed E-state index contributed by atoms with van der Waals surface area (Å²) in [6, 6.07) is 8.89. The average molecular weight is 479 g/mol. The average Bonchev–Trinajstić information content (AvgIpc) is 2.99. The van der Waals surface area contributed by atoms with E-state index in [2.05, 4.69) is 20.7 Å². The van der Waals surface area contributed by atoms with Gasteiger partial charge >= 0.3 is 6.18 Å². The predicted octanol–water partition coefficient (Wildman–Crippen LogP) is 4.35. The van der Waals surface area contributed by atoms with E-state index in [1.165, 1.54) is 12.1 Å². The van der Waals surface area contributed by atoms with Crippen LogP contribution in [0.4, 0.5) is 18.9 Å². The molecule has 0 aliphatic carbocycles. The van der Waals surface area contributed by atoms with Crippen molar-refractivity contribution >= 4 is 31.6 Å². The van der Waals surface area contributed by atoms with Gasteiger partial charge in [-0.3, -0.25) is 4.72 Å². The van der Waals surface area contributed by atoms with Gasteiger partial charge in [-0.1, -0.05) is 15.9 Å². The molecule has 1 saturated heterocycles. The molecule has 1 heterocycles. The highest BCUT2D eigenvalue weighted by molar-refractivity contribution is 9.10. The number of likely N-dealkylation sites (N-methyl/N-ethyl adjacent to an activating group) is 1. The van der Waals surface area contributed by atoms with E-state index < -0.39 is 21.8 Å². The molecule has 0 radical (unpaired) electrons. The van der Waals surface area contributed by atoms with Crippen molar-refractivity contribution in [3.8, 4) is 5.75 Å². The van der Waals surface area contributed by atoms with E-state index in [1.54, 1.807) is 12.1 Å². The number of hydrogen-bond donors (Lipinski definition) is 1. The van der Waals surface area contributed by atoms with Crippen LogP contribution in [-0.2, 0) is 16.2 Å². The van der Waals surface area contributed by atoms with E-state index in [0.717, 1.165) is 24.7 Å². The molecule has 2 aromatic carbocycles. The monoisotopic (exact) mass is 478 g/mol. The van der Waals surface area contributed by atoms with Gasteiger partial charge in [-0.25, -0.2) is 8.42 Å². The number of sulfonamides is 1. The first-order chi connectivity index (χ1) is 13.0. The third-order valence-electron chi connectivity index (χ3n) is 4.30. The molecule has 1 atom stereocenters. The van der Waals surface area contributed by atoms with Crippen LogP contribution in [0.2, 0.25) is 0 Å². The molecular weight excluding hydrogens is 461 g/mol. The van der Waals surface area contributed by atoms with Crippen molar-refractivity contribution in [2.75, 3.05) is 24.9 Å². The zero-order valence-corrected chi connectivity index (χ0v) is 17.2. The Morgan fingerprint density at radius 2 is 1.86 bits per heavy atom. The molecular formula is C18H18BrF3N2O3S. The molecule has 0 aromatic heterocycles. The maximum absolute atomic E-state index is 13.3. The Labute approximate surface area is 169 Å². The van der Waals surface area contributed by atoms with E-state index in [4.69, 9.17) is 4.74 Å². The zero-order chi connectivity index (χ0) is 20.5. The van der Waals surface area contributed by atoms with Crippen LogP contribution >= 0.6 is 15.9 Å². The number of benzene rings is 2. The fourth-order valence-corrected chi connectivity index (χ4v) is 4.23. The van der Waals surface area contributed by atoms with E-state index in [-0.39, 0.29) is 22.4 Å². The van der Waals surface area contributed by atoms with Gasteiger partial charge in [0.2, 0.25) is 0 Å². The number of halogens is 4. The van der Waals surface area contributed by atoms with Crippen LogP contribution in [-0.4, -0.2) is 39.6 Å². The SMILES string of the molecule is CN1CC[C@@H](Oc2cc(NS(=O)(=O)c3ccc(Br)cc3)ccc2C(F)(F)F)C1.